The minimum Gasteiger partial charge on any atom is -0.472 e. The molecule has 114 valence electrons. The van der Waals surface area contributed by atoms with Gasteiger partial charge in [0.1, 0.15) is 5.65 Å². The number of hydrogen-bond donors (Lipinski definition) is 1. The highest BCUT2D eigenvalue weighted by Crippen LogP contribution is 2.19. The molecule has 3 aromatic rings. The number of pyridine rings is 1. The van der Waals surface area contributed by atoms with Crippen LogP contribution in [-0.2, 0) is 6.54 Å². The first-order chi connectivity index (χ1) is 10.6. The topological polar surface area (TPSA) is 64.3 Å². The number of nitrogens with one attached hydrogen (secondary N) is 1. The first-order valence-electron chi connectivity index (χ1n) is 7.28. The highest BCUT2D eigenvalue weighted by molar-refractivity contribution is 5.46. The van der Waals surface area contributed by atoms with Crippen LogP contribution < -0.4 is 10.1 Å². The number of nitrogens with zero attached hydrogens (tertiary/aromatic N) is 4. The quantitative estimate of drug-likeness (QED) is 0.784. The Morgan fingerprint density at radius 2 is 2.05 bits per heavy atom. The molecule has 1 N–H and O–H groups in total. The Balaban J connectivity index is 1.78. The van der Waals surface area contributed by atoms with Crippen molar-refractivity contribution in [1.29, 1.82) is 0 Å². The van der Waals surface area contributed by atoms with Gasteiger partial charge in [0.25, 0.3) is 5.88 Å². The number of ether oxygens (including phenoxy) is 1. The zero-order valence-corrected chi connectivity index (χ0v) is 12.9. The van der Waals surface area contributed by atoms with Crippen LogP contribution >= 0.6 is 0 Å². The van der Waals surface area contributed by atoms with Crippen LogP contribution in [0.2, 0.25) is 0 Å². The Bertz CT molecular complexity index is 781. The maximum absolute atomic E-state index is 5.65. The molecule has 6 nitrogen and oxygen atoms in total. The van der Waals surface area contributed by atoms with Gasteiger partial charge in [0.2, 0.25) is 0 Å². The molecule has 0 aliphatic rings. The molecule has 6 heteroatoms. The van der Waals surface area contributed by atoms with Crippen molar-refractivity contribution in [3.8, 4) is 5.88 Å². The average molecular weight is 297 g/mol. The molecule has 22 heavy (non-hydrogen) atoms. The molecule has 0 saturated carbocycles. The molecular formula is C16H19N5O. The Hall–Kier alpha value is -2.63. The van der Waals surface area contributed by atoms with Gasteiger partial charge >= 0.3 is 0 Å². The van der Waals surface area contributed by atoms with E-state index in [4.69, 9.17) is 4.74 Å². The summed E-state index contributed by atoms with van der Waals surface area (Å²) in [7, 11) is 0. The van der Waals surface area contributed by atoms with Crippen molar-refractivity contribution < 1.29 is 4.74 Å². The number of aromatic nitrogens is 4. The van der Waals surface area contributed by atoms with Crippen LogP contribution in [0.1, 0.15) is 25.2 Å². The predicted molar refractivity (Wildman–Crippen MR) is 85.1 cm³/mol. The number of aryl methyl sites for hydroxylation is 1. The van der Waals surface area contributed by atoms with Gasteiger partial charge in [0.05, 0.1) is 18.3 Å². The molecule has 0 unspecified atom stereocenters. The summed E-state index contributed by atoms with van der Waals surface area (Å²) in [6.45, 7) is 6.55. The lowest BCUT2D eigenvalue weighted by molar-refractivity contribution is 0.233. The van der Waals surface area contributed by atoms with Crippen LogP contribution in [0, 0.1) is 6.92 Å². The lowest BCUT2D eigenvalue weighted by Crippen LogP contribution is -2.11. The van der Waals surface area contributed by atoms with Gasteiger partial charge in [0, 0.05) is 24.3 Å². The second-order valence-corrected chi connectivity index (χ2v) is 5.36. The van der Waals surface area contributed by atoms with E-state index in [9.17, 15) is 0 Å². The summed E-state index contributed by atoms with van der Waals surface area (Å²) in [6.07, 6.45) is 5.34. The van der Waals surface area contributed by atoms with Crippen molar-refractivity contribution in [2.24, 2.45) is 0 Å². The summed E-state index contributed by atoms with van der Waals surface area (Å²) < 4.78 is 7.72. The third kappa shape index (κ3) is 3.00. The molecular weight excluding hydrogens is 278 g/mol. The van der Waals surface area contributed by atoms with E-state index in [1.54, 1.807) is 12.4 Å². The Labute approximate surface area is 129 Å². The van der Waals surface area contributed by atoms with Gasteiger partial charge in [-0.1, -0.05) is 6.07 Å². The lowest BCUT2D eigenvalue weighted by Gasteiger charge is -2.12. The number of fused-ring (bicyclic) bond motifs is 1. The van der Waals surface area contributed by atoms with E-state index in [0.717, 1.165) is 17.0 Å². The summed E-state index contributed by atoms with van der Waals surface area (Å²) in [4.78, 5) is 13.1. The summed E-state index contributed by atoms with van der Waals surface area (Å²) in [5, 5.41) is 3.24. The van der Waals surface area contributed by atoms with Gasteiger partial charge in [-0.15, -0.1) is 0 Å². The van der Waals surface area contributed by atoms with E-state index in [-0.39, 0.29) is 6.10 Å². The first-order valence-corrected chi connectivity index (χ1v) is 7.28. The molecule has 0 bridgehead atoms. The van der Waals surface area contributed by atoms with E-state index >= 15 is 0 Å². The zero-order chi connectivity index (χ0) is 15.5. The summed E-state index contributed by atoms with van der Waals surface area (Å²) >= 11 is 0. The van der Waals surface area contributed by atoms with Crippen LogP contribution in [-0.4, -0.2) is 25.5 Å². The monoisotopic (exact) mass is 297 g/mol. The molecule has 0 saturated heterocycles. The fourth-order valence-corrected chi connectivity index (χ4v) is 2.21. The number of imidazole rings is 1. The van der Waals surface area contributed by atoms with Gasteiger partial charge in [-0.05, 0) is 32.9 Å². The normalized spacial score (nSPS) is 11.1. The van der Waals surface area contributed by atoms with Crippen molar-refractivity contribution in [1.82, 2.24) is 19.4 Å². The lowest BCUT2D eigenvalue weighted by atomic mass is 10.4. The first kappa shape index (κ1) is 14.3. The van der Waals surface area contributed by atoms with E-state index < -0.39 is 0 Å². The largest absolute Gasteiger partial charge is 0.472 e. The van der Waals surface area contributed by atoms with E-state index in [2.05, 4.69) is 37.7 Å². The summed E-state index contributed by atoms with van der Waals surface area (Å²) in [6, 6.07) is 6.06. The minimum atomic E-state index is 0.0510. The van der Waals surface area contributed by atoms with E-state index in [0.29, 0.717) is 18.2 Å². The number of hydrogen-bond acceptors (Lipinski definition) is 5. The predicted octanol–water partition coefficient (Wildman–Crippen LogP) is 2.83. The number of anilines is 1. The van der Waals surface area contributed by atoms with Crippen LogP contribution in [0.5, 0.6) is 5.88 Å². The van der Waals surface area contributed by atoms with Crippen molar-refractivity contribution in [2.45, 2.75) is 33.4 Å². The third-order valence-electron chi connectivity index (χ3n) is 3.19. The number of rotatable bonds is 5. The van der Waals surface area contributed by atoms with Crippen LogP contribution in [0.15, 0.2) is 36.8 Å². The molecule has 0 fully saturated rings. The molecule has 0 atom stereocenters. The highest BCUT2D eigenvalue weighted by atomic mass is 16.5. The van der Waals surface area contributed by atoms with Crippen molar-refractivity contribution in [2.75, 3.05) is 5.32 Å². The molecule has 3 heterocycles. The fraction of sp³-hybridized carbons (Fsp3) is 0.312. The molecule has 0 radical (unpaired) electrons. The molecule has 0 spiro atoms. The van der Waals surface area contributed by atoms with Gasteiger partial charge in [-0.25, -0.2) is 15.0 Å². The molecule has 0 aromatic carbocycles. The molecule has 3 rings (SSSR count). The Morgan fingerprint density at radius 1 is 1.23 bits per heavy atom. The zero-order valence-electron chi connectivity index (χ0n) is 12.9. The van der Waals surface area contributed by atoms with E-state index in [1.807, 2.05) is 32.2 Å². The maximum atomic E-state index is 5.65. The van der Waals surface area contributed by atoms with Crippen molar-refractivity contribution in [3.63, 3.8) is 0 Å². The second kappa shape index (κ2) is 6.01. The van der Waals surface area contributed by atoms with Gasteiger partial charge in [-0.2, -0.15) is 0 Å². The Morgan fingerprint density at radius 3 is 2.82 bits per heavy atom. The van der Waals surface area contributed by atoms with Crippen LogP contribution in [0.3, 0.4) is 0 Å². The standard InChI is InChI=1S/C16H19N5O/c1-11(2)22-16-15(17-7-8-18-16)19-9-13-10-21-12(3)5-4-6-14(21)20-13/h4-8,10-11H,9H2,1-3H3,(H,17,19). The van der Waals surface area contributed by atoms with Gasteiger partial charge in [0.15, 0.2) is 5.82 Å². The molecule has 3 aromatic heterocycles. The highest BCUT2D eigenvalue weighted by Gasteiger charge is 2.09. The maximum Gasteiger partial charge on any atom is 0.257 e. The SMILES string of the molecule is Cc1cccc2nc(CNc3nccnc3OC(C)C)cn12. The van der Waals surface area contributed by atoms with Gasteiger partial charge < -0.3 is 14.5 Å². The molecule has 0 aliphatic heterocycles. The van der Waals surface area contributed by atoms with Crippen LogP contribution in [0.4, 0.5) is 5.82 Å². The minimum absolute atomic E-state index is 0.0510. The molecule has 0 aliphatic carbocycles. The average Bonchev–Trinajstić information content (AvgIpc) is 2.90. The van der Waals surface area contributed by atoms with Crippen LogP contribution in [0.25, 0.3) is 5.65 Å². The molecule has 0 amide bonds. The van der Waals surface area contributed by atoms with E-state index in [1.165, 1.54) is 0 Å². The Kier molecular flexibility index (Phi) is 3.91. The van der Waals surface area contributed by atoms with Gasteiger partial charge in [-0.3, -0.25) is 0 Å². The third-order valence-corrected chi connectivity index (χ3v) is 3.19. The summed E-state index contributed by atoms with van der Waals surface area (Å²) in [5.74, 6) is 1.14. The fourth-order valence-electron chi connectivity index (χ4n) is 2.21. The summed E-state index contributed by atoms with van der Waals surface area (Å²) in [5.41, 5.74) is 3.03. The van der Waals surface area contributed by atoms with Crippen molar-refractivity contribution >= 4 is 11.5 Å². The second-order valence-electron chi connectivity index (χ2n) is 5.36. The van der Waals surface area contributed by atoms with Crippen molar-refractivity contribution in [3.05, 3.63) is 48.2 Å². The smallest absolute Gasteiger partial charge is 0.257 e.